The second-order valence-corrected chi connectivity index (χ2v) is 8.32. The van der Waals surface area contributed by atoms with Crippen molar-refractivity contribution in [2.24, 2.45) is 10.9 Å². The predicted octanol–water partition coefficient (Wildman–Crippen LogP) is 2.19. The van der Waals surface area contributed by atoms with Crippen LogP contribution in [0.2, 0.25) is 0 Å². The Morgan fingerprint density at radius 3 is 2.57 bits per heavy atom. The van der Waals surface area contributed by atoms with E-state index in [2.05, 4.69) is 15.1 Å². The van der Waals surface area contributed by atoms with Gasteiger partial charge in [-0.25, -0.2) is 8.78 Å². The lowest BCUT2D eigenvalue weighted by Gasteiger charge is -2.29. The summed E-state index contributed by atoms with van der Waals surface area (Å²) in [5.74, 6) is 0.368. The largest absolute Gasteiger partial charge is 0.379 e. The van der Waals surface area contributed by atoms with Gasteiger partial charge in [0.25, 0.3) is 0 Å². The van der Waals surface area contributed by atoms with E-state index in [9.17, 15) is 8.78 Å². The number of benzene rings is 1. The number of likely N-dealkylation sites (tertiary alicyclic amines) is 1. The van der Waals surface area contributed by atoms with E-state index in [1.165, 1.54) is 18.2 Å². The summed E-state index contributed by atoms with van der Waals surface area (Å²) in [6, 6.07) is 3.54. The Labute approximate surface area is 178 Å². The van der Waals surface area contributed by atoms with Crippen molar-refractivity contribution in [1.29, 1.82) is 0 Å². The Balaban J connectivity index is 1.67. The first-order valence-corrected chi connectivity index (χ1v) is 10.9. The van der Waals surface area contributed by atoms with E-state index in [4.69, 9.17) is 9.73 Å². The van der Waals surface area contributed by atoms with Gasteiger partial charge in [0, 0.05) is 44.8 Å². The number of ether oxygens (including phenoxy) is 1. The molecule has 168 valence electrons. The fourth-order valence-corrected chi connectivity index (χ4v) is 4.26. The molecule has 2 fully saturated rings. The molecule has 0 saturated carbocycles. The molecule has 0 radical (unpaired) electrons. The second-order valence-electron chi connectivity index (χ2n) is 8.32. The molecule has 2 aliphatic heterocycles. The highest BCUT2D eigenvalue weighted by Crippen LogP contribution is 2.25. The number of aliphatic imine (C=N–C) groups is 1. The molecule has 0 amide bonds. The van der Waals surface area contributed by atoms with Crippen LogP contribution >= 0.6 is 0 Å². The molecule has 2 aliphatic rings. The van der Waals surface area contributed by atoms with Crippen molar-refractivity contribution >= 4 is 5.96 Å². The first-order chi connectivity index (χ1) is 14.5. The maximum atomic E-state index is 14.4. The number of halogens is 2. The Morgan fingerprint density at radius 1 is 1.23 bits per heavy atom. The molecule has 6 nitrogen and oxygen atoms in total. The fourth-order valence-electron chi connectivity index (χ4n) is 4.26. The minimum Gasteiger partial charge on any atom is -0.379 e. The lowest BCUT2D eigenvalue weighted by molar-refractivity contribution is 0.0315. The highest BCUT2D eigenvalue weighted by Gasteiger charge is 2.28. The molecule has 0 aliphatic carbocycles. The van der Waals surface area contributed by atoms with Gasteiger partial charge in [-0.15, -0.1) is 0 Å². The normalized spacial score (nSPS) is 22.0. The van der Waals surface area contributed by atoms with E-state index in [0.717, 1.165) is 64.9 Å². The lowest BCUT2D eigenvalue weighted by atomic mass is 10.0. The number of hydrogen-bond donors (Lipinski definition) is 1. The third-order valence-corrected chi connectivity index (χ3v) is 5.91. The van der Waals surface area contributed by atoms with Crippen LogP contribution in [0.3, 0.4) is 0 Å². The number of nitrogens with zero attached hydrogens (tertiary/aromatic N) is 4. The van der Waals surface area contributed by atoms with Crippen molar-refractivity contribution in [3.8, 4) is 0 Å². The third-order valence-electron chi connectivity index (χ3n) is 5.91. The van der Waals surface area contributed by atoms with Crippen LogP contribution in [0.15, 0.2) is 23.2 Å². The number of morpholine rings is 1. The Morgan fingerprint density at radius 2 is 1.93 bits per heavy atom. The third kappa shape index (κ3) is 5.89. The van der Waals surface area contributed by atoms with Gasteiger partial charge >= 0.3 is 0 Å². The predicted molar refractivity (Wildman–Crippen MR) is 116 cm³/mol. The zero-order valence-corrected chi connectivity index (χ0v) is 18.4. The zero-order chi connectivity index (χ0) is 21.5. The molecule has 1 N–H and O–H groups in total. The van der Waals surface area contributed by atoms with Gasteiger partial charge < -0.3 is 19.9 Å². The van der Waals surface area contributed by atoms with E-state index in [1.807, 2.05) is 25.9 Å². The number of hydrogen-bond acceptors (Lipinski definition) is 4. The molecule has 2 unspecified atom stereocenters. The summed E-state index contributed by atoms with van der Waals surface area (Å²) in [6.07, 6.45) is 1.13. The molecule has 0 spiro atoms. The number of nitrogens with one attached hydrogen (secondary N) is 1. The zero-order valence-electron chi connectivity index (χ0n) is 18.4. The van der Waals surface area contributed by atoms with Crippen LogP contribution in [0.5, 0.6) is 0 Å². The smallest absolute Gasteiger partial charge is 0.193 e. The summed E-state index contributed by atoms with van der Waals surface area (Å²) < 4.78 is 34.2. The molecule has 1 aromatic rings. The molecule has 3 rings (SSSR count). The minimum absolute atomic E-state index is 0.0775. The van der Waals surface area contributed by atoms with Crippen LogP contribution in [0.4, 0.5) is 8.78 Å². The summed E-state index contributed by atoms with van der Waals surface area (Å²) >= 11 is 0. The highest BCUT2D eigenvalue weighted by molar-refractivity contribution is 5.80. The van der Waals surface area contributed by atoms with Crippen molar-refractivity contribution in [3.63, 3.8) is 0 Å². The summed E-state index contributed by atoms with van der Waals surface area (Å²) in [6.45, 7) is 9.70. The van der Waals surface area contributed by atoms with Crippen LogP contribution in [0.25, 0.3) is 0 Å². The quantitative estimate of drug-likeness (QED) is 0.538. The van der Waals surface area contributed by atoms with Crippen molar-refractivity contribution in [2.75, 3.05) is 73.1 Å². The van der Waals surface area contributed by atoms with Gasteiger partial charge in [-0.3, -0.25) is 9.89 Å². The van der Waals surface area contributed by atoms with Crippen molar-refractivity contribution in [2.45, 2.75) is 19.4 Å². The van der Waals surface area contributed by atoms with Gasteiger partial charge in [-0.1, -0.05) is 6.07 Å². The van der Waals surface area contributed by atoms with Crippen molar-refractivity contribution in [3.05, 3.63) is 35.4 Å². The first kappa shape index (κ1) is 22.9. The van der Waals surface area contributed by atoms with Crippen molar-refractivity contribution in [1.82, 2.24) is 20.0 Å². The van der Waals surface area contributed by atoms with Crippen molar-refractivity contribution < 1.29 is 13.5 Å². The number of rotatable bonds is 7. The summed E-state index contributed by atoms with van der Waals surface area (Å²) in [7, 11) is 3.65. The van der Waals surface area contributed by atoms with Crippen LogP contribution in [-0.2, 0) is 4.74 Å². The van der Waals surface area contributed by atoms with Gasteiger partial charge in [-0.2, -0.15) is 0 Å². The summed E-state index contributed by atoms with van der Waals surface area (Å²) in [5, 5.41) is 3.36. The fraction of sp³-hybridized carbons (Fsp3) is 0.682. The standard InChI is InChI=1S/C22H35F2N5O/c1-4-25-22(29-9-8-17(16-29)15-28-10-12-30-13-11-28)26-14-20(27(2)3)21-18(23)6-5-7-19(21)24/h5-7,17,20H,4,8-16H2,1-3H3,(H,25,26). The van der Waals surface area contributed by atoms with Gasteiger partial charge in [0.2, 0.25) is 0 Å². The molecule has 30 heavy (non-hydrogen) atoms. The molecule has 0 bridgehead atoms. The maximum absolute atomic E-state index is 14.4. The second kappa shape index (κ2) is 11.0. The van der Waals surface area contributed by atoms with E-state index >= 15 is 0 Å². The Kier molecular flexibility index (Phi) is 8.41. The van der Waals surface area contributed by atoms with E-state index < -0.39 is 17.7 Å². The van der Waals surface area contributed by atoms with E-state index in [-0.39, 0.29) is 12.1 Å². The molecule has 2 saturated heterocycles. The molecule has 1 aromatic carbocycles. The topological polar surface area (TPSA) is 43.3 Å². The molecular formula is C22H35F2N5O. The average molecular weight is 424 g/mol. The van der Waals surface area contributed by atoms with Crippen LogP contribution in [0.1, 0.15) is 24.9 Å². The maximum Gasteiger partial charge on any atom is 0.193 e. The monoisotopic (exact) mass is 423 g/mol. The Hall–Kier alpha value is -1.77. The molecular weight excluding hydrogens is 388 g/mol. The van der Waals surface area contributed by atoms with Gasteiger partial charge in [0.05, 0.1) is 25.8 Å². The number of likely N-dealkylation sites (N-methyl/N-ethyl adjacent to an activating group) is 1. The number of guanidine groups is 1. The van der Waals surface area contributed by atoms with E-state index in [0.29, 0.717) is 5.92 Å². The average Bonchev–Trinajstić information content (AvgIpc) is 3.18. The highest BCUT2D eigenvalue weighted by atomic mass is 19.1. The molecule has 2 heterocycles. The van der Waals surface area contributed by atoms with Crippen LogP contribution in [-0.4, -0.2) is 93.8 Å². The Bertz CT molecular complexity index is 689. The SMILES string of the molecule is CCNC(=NCC(c1c(F)cccc1F)N(C)C)N1CCC(CN2CCOCC2)C1. The summed E-state index contributed by atoms with van der Waals surface area (Å²) in [5.41, 5.74) is 0.0775. The van der Waals surface area contributed by atoms with Crippen LogP contribution < -0.4 is 5.32 Å². The lowest BCUT2D eigenvalue weighted by Crippen LogP contribution is -2.42. The van der Waals surface area contributed by atoms with Gasteiger partial charge in [-0.05, 0) is 45.5 Å². The van der Waals surface area contributed by atoms with E-state index in [1.54, 1.807) is 0 Å². The first-order valence-electron chi connectivity index (χ1n) is 10.9. The van der Waals surface area contributed by atoms with Crippen LogP contribution in [0, 0.1) is 17.6 Å². The molecule has 0 aromatic heterocycles. The molecule has 2 atom stereocenters. The minimum atomic E-state index is -0.527. The molecule has 8 heteroatoms. The van der Waals surface area contributed by atoms with Gasteiger partial charge in [0.15, 0.2) is 5.96 Å². The van der Waals surface area contributed by atoms with Gasteiger partial charge in [0.1, 0.15) is 11.6 Å². The summed E-state index contributed by atoms with van der Waals surface area (Å²) in [4.78, 5) is 11.4.